The molecule has 1 aliphatic rings. The summed E-state index contributed by atoms with van der Waals surface area (Å²) >= 11 is 0. The Morgan fingerprint density at radius 1 is 1.38 bits per heavy atom. The second kappa shape index (κ2) is 5.61. The van der Waals surface area contributed by atoms with E-state index in [-0.39, 0.29) is 0 Å². The molecule has 1 fully saturated rings. The van der Waals surface area contributed by atoms with Gasteiger partial charge in [-0.1, -0.05) is 13.3 Å². The SMILES string of the molecule is CCCC(N)CCN(C)CC1CC1. The van der Waals surface area contributed by atoms with Gasteiger partial charge in [0.2, 0.25) is 0 Å². The summed E-state index contributed by atoms with van der Waals surface area (Å²) in [7, 11) is 2.22. The van der Waals surface area contributed by atoms with Gasteiger partial charge in [-0.25, -0.2) is 0 Å². The summed E-state index contributed by atoms with van der Waals surface area (Å²) in [5.41, 5.74) is 5.95. The molecule has 13 heavy (non-hydrogen) atoms. The largest absolute Gasteiger partial charge is 0.328 e. The van der Waals surface area contributed by atoms with E-state index in [0.717, 1.165) is 12.3 Å². The van der Waals surface area contributed by atoms with Crippen molar-refractivity contribution < 1.29 is 0 Å². The second-order valence-corrected chi connectivity index (χ2v) is 4.54. The van der Waals surface area contributed by atoms with E-state index in [4.69, 9.17) is 5.73 Å². The molecular weight excluding hydrogens is 160 g/mol. The van der Waals surface area contributed by atoms with Crippen molar-refractivity contribution in [3.63, 3.8) is 0 Å². The van der Waals surface area contributed by atoms with Gasteiger partial charge in [-0.2, -0.15) is 0 Å². The van der Waals surface area contributed by atoms with E-state index >= 15 is 0 Å². The highest BCUT2D eigenvalue weighted by atomic mass is 15.1. The Balaban J connectivity index is 1.96. The zero-order valence-electron chi connectivity index (χ0n) is 9.13. The number of nitrogens with two attached hydrogens (primary N) is 1. The highest BCUT2D eigenvalue weighted by Crippen LogP contribution is 2.29. The molecule has 1 atom stereocenters. The Morgan fingerprint density at radius 2 is 2.08 bits per heavy atom. The quantitative estimate of drug-likeness (QED) is 0.654. The highest BCUT2D eigenvalue weighted by Gasteiger charge is 2.22. The molecule has 0 saturated heterocycles. The lowest BCUT2D eigenvalue weighted by Gasteiger charge is -2.18. The molecular formula is C11H24N2. The maximum atomic E-state index is 5.95. The molecule has 1 unspecified atom stereocenters. The highest BCUT2D eigenvalue weighted by molar-refractivity contribution is 4.76. The van der Waals surface area contributed by atoms with E-state index in [1.54, 1.807) is 0 Å². The van der Waals surface area contributed by atoms with E-state index in [2.05, 4.69) is 18.9 Å². The number of hydrogen-bond acceptors (Lipinski definition) is 2. The number of hydrogen-bond donors (Lipinski definition) is 1. The second-order valence-electron chi connectivity index (χ2n) is 4.54. The van der Waals surface area contributed by atoms with Gasteiger partial charge >= 0.3 is 0 Å². The molecule has 0 heterocycles. The van der Waals surface area contributed by atoms with Crippen LogP contribution in [0.2, 0.25) is 0 Å². The van der Waals surface area contributed by atoms with Crippen molar-refractivity contribution in [2.75, 3.05) is 20.1 Å². The summed E-state index contributed by atoms with van der Waals surface area (Å²) in [6, 6.07) is 0.423. The molecule has 78 valence electrons. The lowest BCUT2D eigenvalue weighted by atomic mass is 10.1. The molecule has 0 aromatic rings. The smallest absolute Gasteiger partial charge is 0.00509 e. The third-order valence-electron chi connectivity index (χ3n) is 2.81. The minimum atomic E-state index is 0.423. The Bertz CT molecular complexity index is 132. The van der Waals surface area contributed by atoms with Crippen molar-refractivity contribution in [2.45, 2.75) is 45.1 Å². The van der Waals surface area contributed by atoms with Crippen LogP contribution in [-0.4, -0.2) is 31.1 Å². The summed E-state index contributed by atoms with van der Waals surface area (Å²) < 4.78 is 0. The van der Waals surface area contributed by atoms with Gasteiger partial charge in [0.05, 0.1) is 0 Å². The zero-order chi connectivity index (χ0) is 9.68. The van der Waals surface area contributed by atoms with Gasteiger partial charge in [0.1, 0.15) is 0 Å². The molecule has 1 aliphatic carbocycles. The molecule has 0 radical (unpaired) electrons. The van der Waals surface area contributed by atoms with Crippen molar-refractivity contribution in [2.24, 2.45) is 11.7 Å². The molecule has 2 heteroatoms. The first-order valence-electron chi connectivity index (χ1n) is 5.66. The summed E-state index contributed by atoms with van der Waals surface area (Å²) in [5, 5.41) is 0. The van der Waals surface area contributed by atoms with Crippen LogP contribution in [0.25, 0.3) is 0 Å². The molecule has 0 aromatic carbocycles. The van der Waals surface area contributed by atoms with Gasteiger partial charge in [-0.3, -0.25) is 0 Å². The Kier molecular flexibility index (Phi) is 4.74. The van der Waals surface area contributed by atoms with Crippen LogP contribution >= 0.6 is 0 Å². The van der Waals surface area contributed by atoms with Gasteiger partial charge in [0.15, 0.2) is 0 Å². The third kappa shape index (κ3) is 5.27. The molecule has 1 saturated carbocycles. The first-order chi connectivity index (χ1) is 6.22. The monoisotopic (exact) mass is 184 g/mol. The summed E-state index contributed by atoms with van der Waals surface area (Å²) in [6.45, 7) is 4.67. The van der Waals surface area contributed by atoms with Crippen LogP contribution in [0.1, 0.15) is 39.0 Å². The average Bonchev–Trinajstić information content (AvgIpc) is 2.85. The van der Waals surface area contributed by atoms with Gasteiger partial charge in [0, 0.05) is 12.6 Å². The van der Waals surface area contributed by atoms with Crippen LogP contribution in [0.5, 0.6) is 0 Å². The van der Waals surface area contributed by atoms with Crippen LogP contribution in [0.3, 0.4) is 0 Å². The lowest BCUT2D eigenvalue weighted by Crippen LogP contribution is -2.29. The normalized spacial score (nSPS) is 19.4. The van der Waals surface area contributed by atoms with Gasteiger partial charge in [0.25, 0.3) is 0 Å². The fourth-order valence-electron chi connectivity index (χ4n) is 1.73. The summed E-state index contributed by atoms with van der Waals surface area (Å²) in [6.07, 6.45) is 6.46. The lowest BCUT2D eigenvalue weighted by molar-refractivity contribution is 0.303. The molecule has 0 amide bonds. The van der Waals surface area contributed by atoms with Crippen molar-refractivity contribution in [3.8, 4) is 0 Å². The van der Waals surface area contributed by atoms with E-state index in [0.29, 0.717) is 6.04 Å². The standard InChI is InChI=1S/C11H24N2/c1-3-4-11(12)7-8-13(2)9-10-5-6-10/h10-11H,3-9,12H2,1-2H3. The maximum absolute atomic E-state index is 5.95. The first-order valence-corrected chi connectivity index (χ1v) is 5.66. The Morgan fingerprint density at radius 3 is 2.62 bits per heavy atom. The van der Waals surface area contributed by atoms with Crippen LogP contribution < -0.4 is 5.73 Å². The predicted octanol–water partition coefficient (Wildman–Crippen LogP) is 1.85. The topological polar surface area (TPSA) is 29.3 Å². The van der Waals surface area contributed by atoms with Gasteiger partial charge in [-0.15, -0.1) is 0 Å². The van der Waals surface area contributed by atoms with Crippen molar-refractivity contribution in [1.29, 1.82) is 0 Å². The molecule has 2 nitrogen and oxygen atoms in total. The average molecular weight is 184 g/mol. The summed E-state index contributed by atoms with van der Waals surface area (Å²) in [4.78, 5) is 2.44. The van der Waals surface area contributed by atoms with E-state index in [1.165, 1.54) is 38.8 Å². The minimum Gasteiger partial charge on any atom is -0.328 e. The molecule has 0 bridgehead atoms. The fraction of sp³-hybridized carbons (Fsp3) is 1.00. The third-order valence-corrected chi connectivity index (χ3v) is 2.81. The number of rotatable bonds is 7. The van der Waals surface area contributed by atoms with E-state index in [9.17, 15) is 0 Å². The van der Waals surface area contributed by atoms with Crippen LogP contribution in [0.4, 0.5) is 0 Å². The van der Waals surface area contributed by atoms with Crippen LogP contribution in [-0.2, 0) is 0 Å². The maximum Gasteiger partial charge on any atom is 0.00509 e. The van der Waals surface area contributed by atoms with Gasteiger partial charge < -0.3 is 10.6 Å². The molecule has 0 spiro atoms. The Hall–Kier alpha value is -0.0800. The fourth-order valence-corrected chi connectivity index (χ4v) is 1.73. The predicted molar refractivity (Wildman–Crippen MR) is 57.7 cm³/mol. The molecule has 0 aliphatic heterocycles. The first kappa shape index (κ1) is 11.0. The van der Waals surface area contributed by atoms with Gasteiger partial charge in [-0.05, 0) is 45.2 Å². The molecule has 0 aromatic heterocycles. The van der Waals surface area contributed by atoms with Crippen molar-refractivity contribution in [3.05, 3.63) is 0 Å². The van der Waals surface area contributed by atoms with E-state index in [1.807, 2.05) is 0 Å². The zero-order valence-corrected chi connectivity index (χ0v) is 9.13. The number of nitrogens with zero attached hydrogens (tertiary/aromatic N) is 1. The Labute approximate surface area is 82.5 Å². The van der Waals surface area contributed by atoms with Crippen molar-refractivity contribution in [1.82, 2.24) is 4.90 Å². The van der Waals surface area contributed by atoms with Crippen LogP contribution in [0, 0.1) is 5.92 Å². The molecule has 1 rings (SSSR count). The van der Waals surface area contributed by atoms with Crippen molar-refractivity contribution >= 4 is 0 Å². The van der Waals surface area contributed by atoms with E-state index < -0.39 is 0 Å². The minimum absolute atomic E-state index is 0.423. The summed E-state index contributed by atoms with van der Waals surface area (Å²) in [5.74, 6) is 1.01. The molecule has 2 N–H and O–H groups in total. The van der Waals surface area contributed by atoms with Crippen LogP contribution in [0.15, 0.2) is 0 Å².